The minimum Gasteiger partial charge on any atom is -0.478 e. The highest BCUT2D eigenvalue weighted by atomic mass is 79.9. The second-order valence-electron chi connectivity index (χ2n) is 4.81. The van der Waals surface area contributed by atoms with E-state index in [9.17, 15) is 15.0 Å². The van der Waals surface area contributed by atoms with Crippen LogP contribution in [0.5, 0.6) is 0 Å². The van der Waals surface area contributed by atoms with E-state index in [-0.39, 0.29) is 11.6 Å². The number of carbonyl (C=O) groups is 1. The van der Waals surface area contributed by atoms with Gasteiger partial charge in [-0.1, -0.05) is 19.3 Å². The summed E-state index contributed by atoms with van der Waals surface area (Å²) in [6.45, 7) is 0. The molecule has 1 aliphatic carbocycles. The number of nitrogens with zero attached hydrogens (tertiary/aromatic N) is 1. The first-order valence-electron chi connectivity index (χ1n) is 6.41. The Labute approximate surface area is 120 Å². The minimum absolute atomic E-state index is 0.117. The van der Waals surface area contributed by atoms with Gasteiger partial charge in [0.15, 0.2) is 0 Å². The maximum Gasteiger partial charge on any atom is 0.339 e. The van der Waals surface area contributed by atoms with Gasteiger partial charge in [0.05, 0.1) is 12.1 Å². The number of aliphatic hydroxyl groups excluding tert-OH is 1. The van der Waals surface area contributed by atoms with Gasteiger partial charge in [0.1, 0.15) is 11.4 Å². The molecular formula is C13H17BrN2O3. The third-order valence-electron chi connectivity index (χ3n) is 3.39. The first-order valence-corrected chi connectivity index (χ1v) is 7.20. The van der Waals surface area contributed by atoms with Gasteiger partial charge in [0, 0.05) is 10.7 Å². The van der Waals surface area contributed by atoms with Crippen molar-refractivity contribution in [2.75, 3.05) is 5.32 Å². The zero-order valence-corrected chi connectivity index (χ0v) is 12.1. The molecule has 6 heteroatoms. The number of carboxylic acid groups (broad SMARTS) is 1. The quantitative estimate of drug-likeness (QED) is 0.743. The number of rotatable bonds is 3. The van der Waals surface area contributed by atoms with Crippen molar-refractivity contribution in [3.8, 4) is 0 Å². The van der Waals surface area contributed by atoms with Gasteiger partial charge in [-0.25, -0.2) is 9.78 Å². The fourth-order valence-corrected chi connectivity index (χ4v) is 2.68. The van der Waals surface area contributed by atoms with Crippen LogP contribution in [0.1, 0.15) is 42.5 Å². The maximum absolute atomic E-state index is 11.2. The van der Waals surface area contributed by atoms with E-state index in [4.69, 9.17) is 0 Å². The summed E-state index contributed by atoms with van der Waals surface area (Å²) < 4.78 is 0.622. The number of anilines is 1. The lowest BCUT2D eigenvalue weighted by Gasteiger charge is -2.23. The molecule has 3 N–H and O–H groups in total. The van der Waals surface area contributed by atoms with Crippen LogP contribution in [-0.4, -0.2) is 33.3 Å². The van der Waals surface area contributed by atoms with Gasteiger partial charge in [-0.2, -0.15) is 0 Å². The molecule has 0 spiro atoms. The molecule has 0 bridgehead atoms. The van der Waals surface area contributed by atoms with Crippen LogP contribution in [0.15, 0.2) is 16.7 Å². The number of hydrogen-bond acceptors (Lipinski definition) is 4. The molecule has 0 saturated heterocycles. The smallest absolute Gasteiger partial charge is 0.339 e. The zero-order valence-electron chi connectivity index (χ0n) is 10.5. The summed E-state index contributed by atoms with van der Waals surface area (Å²) in [7, 11) is 0. The molecule has 2 unspecified atom stereocenters. The summed E-state index contributed by atoms with van der Waals surface area (Å²) in [5, 5.41) is 22.3. The third-order valence-corrected chi connectivity index (χ3v) is 3.82. The summed E-state index contributed by atoms with van der Waals surface area (Å²) in [6, 6.07) is 1.38. The molecule has 1 saturated carbocycles. The van der Waals surface area contributed by atoms with Crippen LogP contribution >= 0.6 is 15.9 Å². The zero-order chi connectivity index (χ0) is 13.8. The topological polar surface area (TPSA) is 82.5 Å². The highest BCUT2D eigenvalue weighted by Gasteiger charge is 2.23. The number of hydrogen-bond donors (Lipinski definition) is 3. The predicted octanol–water partition coefficient (Wildman–Crippen LogP) is 2.65. The number of aliphatic hydroxyl groups is 1. The van der Waals surface area contributed by atoms with Gasteiger partial charge in [-0.3, -0.25) is 0 Å². The largest absolute Gasteiger partial charge is 0.478 e. The Balaban J connectivity index is 2.19. The summed E-state index contributed by atoms with van der Waals surface area (Å²) in [4.78, 5) is 15.3. The number of pyridine rings is 1. The van der Waals surface area contributed by atoms with E-state index in [0.29, 0.717) is 10.3 Å². The molecule has 1 heterocycles. The molecule has 1 aliphatic rings. The summed E-state index contributed by atoms with van der Waals surface area (Å²) >= 11 is 3.21. The normalized spacial score (nSPS) is 23.7. The van der Waals surface area contributed by atoms with E-state index in [1.165, 1.54) is 6.07 Å². The number of aromatic nitrogens is 1. The summed E-state index contributed by atoms with van der Waals surface area (Å²) in [5.41, 5.74) is 0.117. The lowest BCUT2D eigenvalue weighted by Crippen LogP contribution is -2.33. The molecule has 2 atom stereocenters. The van der Waals surface area contributed by atoms with Crippen molar-refractivity contribution < 1.29 is 15.0 Å². The number of halogens is 1. The molecule has 1 aromatic rings. The van der Waals surface area contributed by atoms with E-state index >= 15 is 0 Å². The fraction of sp³-hybridized carbons (Fsp3) is 0.538. The Bertz CT molecular complexity index is 467. The van der Waals surface area contributed by atoms with Crippen LogP contribution in [0.4, 0.5) is 5.82 Å². The van der Waals surface area contributed by atoms with Crippen molar-refractivity contribution in [2.24, 2.45) is 0 Å². The van der Waals surface area contributed by atoms with Gasteiger partial charge in [-0.05, 0) is 34.8 Å². The van der Waals surface area contributed by atoms with E-state index in [1.54, 1.807) is 6.20 Å². The Morgan fingerprint density at radius 3 is 2.84 bits per heavy atom. The van der Waals surface area contributed by atoms with E-state index < -0.39 is 12.1 Å². The van der Waals surface area contributed by atoms with Crippen molar-refractivity contribution in [3.63, 3.8) is 0 Å². The fourth-order valence-electron chi connectivity index (χ4n) is 2.35. The van der Waals surface area contributed by atoms with E-state index in [0.717, 1.165) is 32.1 Å². The Hall–Kier alpha value is -1.14. The number of nitrogens with one attached hydrogen (secondary N) is 1. The highest BCUT2D eigenvalue weighted by Crippen LogP contribution is 2.24. The monoisotopic (exact) mass is 328 g/mol. The van der Waals surface area contributed by atoms with Crippen molar-refractivity contribution in [1.82, 2.24) is 4.98 Å². The van der Waals surface area contributed by atoms with E-state index in [1.807, 2.05) is 0 Å². The molecule has 19 heavy (non-hydrogen) atoms. The molecular weight excluding hydrogens is 312 g/mol. The average Bonchev–Trinajstić information content (AvgIpc) is 2.57. The molecule has 1 fully saturated rings. The highest BCUT2D eigenvalue weighted by molar-refractivity contribution is 9.10. The second-order valence-corrected chi connectivity index (χ2v) is 5.73. The minimum atomic E-state index is -1.03. The lowest BCUT2D eigenvalue weighted by molar-refractivity contribution is 0.0697. The first-order chi connectivity index (χ1) is 9.08. The Morgan fingerprint density at radius 1 is 1.37 bits per heavy atom. The van der Waals surface area contributed by atoms with Crippen LogP contribution < -0.4 is 5.32 Å². The molecule has 0 aliphatic heterocycles. The second kappa shape index (κ2) is 6.34. The van der Waals surface area contributed by atoms with Crippen LogP contribution in [0.25, 0.3) is 0 Å². The van der Waals surface area contributed by atoms with E-state index in [2.05, 4.69) is 26.2 Å². The van der Waals surface area contributed by atoms with Crippen molar-refractivity contribution in [2.45, 2.75) is 44.2 Å². The number of carboxylic acids is 1. The third kappa shape index (κ3) is 3.67. The predicted molar refractivity (Wildman–Crippen MR) is 75.4 cm³/mol. The van der Waals surface area contributed by atoms with Gasteiger partial charge < -0.3 is 15.5 Å². The Kier molecular flexibility index (Phi) is 4.76. The SMILES string of the molecule is O=C(O)c1cc(Br)cnc1NC1CCCCCC1O. The molecule has 0 amide bonds. The van der Waals surface area contributed by atoms with Crippen LogP contribution in [-0.2, 0) is 0 Å². The molecule has 0 radical (unpaired) electrons. The van der Waals surface area contributed by atoms with Crippen molar-refractivity contribution in [1.29, 1.82) is 0 Å². The summed E-state index contributed by atoms with van der Waals surface area (Å²) in [5.74, 6) is -0.707. The van der Waals surface area contributed by atoms with Gasteiger partial charge >= 0.3 is 5.97 Å². The molecule has 5 nitrogen and oxygen atoms in total. The average molecular weight is 329 g/mol. The van der Waals surface area contributed by atoms with Gasteiger partial charge in [0.25, 0.3) is 0 Å². The molecule has 1 aromatic heterocycles. The lowest BCUT2D eigenvalue weighted by atomic mass is 10.1. The number of aromatic carboxylic acids is 1. The van der Waals surface area contributed by atoms with Crippen LogP contribution in [0, 0.1) is 0 Å². The van der Waals surface area contributed by atoms with Gasteiger partial charge in [0.2, 0.25) is 0 Å². The standard InChI is InChI=1S/C13H17BrN2O3/c14-8-6-9(13(18)19)12(15-7-8)16-10-4-2-1-3-5-11(10)17/h6-7,10-11,17H,1-5H2,(H,15,16)(H,18,19). The van der Waals surface area contributed by atoms with Crippen LogP contribution in [0.2, 0.25) is 0 Å². The van der Waals surface area contributed by atoms with Crippen LogP contribution in [0.3, 0.4) is 0 Å². The Morgan fingerprint density at radius 2 is 2.11 bits per heavy atom. The van der Waals surface area contributed by atoms with Gasteiger partial charge in [-0.15, -0.1) is 0 Å². The van der Waals surface area contributed by atoms with Crippen molar-refractivity contribution >= 4 is 27.7 Å². The maximum atomic E-state index is 11.2. The van der Waals surface area contributed by atoms with Crippen molar-refractivity contribution in [3.05, 3.63) is 22.3 Å². The molecule has 2 rings (SSSR count). The molecule has 0 aromatic carbocycles. The summed E-state index contributed by atoms with van der Waals surface area (Å²) in [6.07, 6.45) is 5.84. The first kappa shape index (κ1) is 14.3. The molecule has 104 valence electrons.